The lowest BCUT2D eigenvalue weighted by Gasteiger charge is -2.14. The Morgan fingerprint density at radius 1 is 1.15 bits per heavy atom. The molecule has 34 heavy (non-hydrogen) atoms. The molecule has 3 N–H and O–H groups in total. The van der Waals surface area contributed by atoms with Crippen molar-refractivity contribution in [1.82, 2.24) is 14.5 Å². The first-order valence-corrected chi connectivity index (χ1v) is 12.1. The minimum atomic E-state index is -0.920. The van der Waals surface area contributed by atoms with Crippen LogP contribution in [0.3, 0.4) is 0 Å². The van der Waals surface area contributed by atoms with E-state index in [4.69, 9.17) is 5.11 Å². The predicted molar refractivity (Wildman–Crippen MR) is 129 cm³/mol. The summed E-state index contributed by atoms with van der Waals surface area (Å²) in [6, 6.07) is 5.02. The molecule has 0 saturated heterocycles. The first-order chi connectivity index (χ1) is 16.4. The molecule has 1 saturated carbocycles. The molecule has 9 nitrogen and oxygen atoms in total. The van der Waals surface area contributed by atoms with E-state index in [1.165, 1.54) is 11.3 Å². The second-order valence-corrected chi connectivity index (χ2v) is 9.59. The number of carbonyl (C=O) groups excluding carboxylic acids is 2. The highest BCUT2D eigenvalue weighted by Crippen LogP contribution is 2.31. The molecule has 0 spiro atoms. The van der Waals surface area contributed by atoms with Crippen molar-refractivity contribution in [3.05, 3.63) is 58.6 Å². The van der Waals surface area contributed by atoms with Gasteiger partial charge >= 0.3 is 12.0 Å². The Morgan fingerprint density at radius 2 is 1.94 bits per heavy atom. The smallest absolute Gasteiger partial charge is 0.325 e. The van der Waals surface area contributed by atoms with Crippen LogP contribution in [0.1, 0.15) is 52.3 Å². The van der Waals surface area contributed by atoms with Gasteiger partial charge in [0.1, 0.15) is 12.4 Å². The molecule has 1 fully saturated rings. The number of carboxylic acid groups (broad SMARTS) is 1. The summed E-state index contributed by atoms with van der Waals surface area (Å²) in [5.74, 6) is -0.120. The van der Waals surface area contributed by atoms with Gasteiger partial charge in [0.15, 0.2) is 10.9 Å². The number of carboxylic acids is 1. The van der Waals surface area contributed by atoms with Gasteiger partial charge in [0, 0.05) is 41.4 Å². The number of aryl methyl sites for hydroxylation is 3. The third-order valence-corrected chi connectivity index (χ3v) is 6.86. The summed E-state index contributed by atoms with van der Waals surface area (Å²) < 4.78 is 1.60. The first-order valence-electron chi connectivity index (χ1n) is 11.3. The van der Waals surface area contributed by atoms with E-state index < -0.39 is 12.0 Å². The summed E-state index contributed by atoms with van der Waals surface area (Å²) in [7, 11) is 0. The van der Waals surface area contributed by atoms with Crippen molar-refractivity contribution in [2.75, 3.05) is 10.6 Å². The number of hydrogen-bond acceptors (Lipinski definition) is 6. The molecule has 0 atom stereocenters. The van der Waals surface area contributed by atoms with Crippen molar-refractivity contribution >= 4 is 39.9 Å². The molecule has 2 aromatic heterocycles. The molecule has 3 aromatic rings. The van der Waals surface area contributed by atoms with Crippen LogP contribution in [0.25, 0.3) is 0 Å². The van der Waals surface area contributed by atoms with Gasteiger partial charge in [0.05, 0.1) is 5.69 Å². The SMILES string of the molecule is Cc1ccc(NC(=O)Nc2ncc(CCc3nccn3CC(=O)O)s2)c(C(=O)C2CCCC2)c1. The maximum absolute atomic E-state index is 13.0. The first kappa shape index (κ1) is 23.6. The van der Waals surface area contributed by atoms with Crippen molar-refractivity contribution in [3.8, 4) is 0 Å². The number of nitrogens with one attached hydrogen (secondary N) is 2. The van der Waals surface area contributed by atoms with Crippen LogP contribution in [0, 0.1) is 12.8 Å². The number of hydrogen-bond donors (Lipinski definition) is 3. The van der Waals surface area contributed by atoms with Gasteiger partial charge in [-0.25, -0.2) is 14.8 Å². The molecule has 1 aromatic carbocycles. The summed E-state index contributed by atoms with van der Waals surface area (Å²) in [5.41, 5.74) is 2.03. The van der Waals surface area contributed by atoms with Crippen molar-refractivity contribution in [3.63, 3.8) is 0 Å². The number of imidazole rings is 1. The fourth-order valence-electron chi connectivity index (χ4n) is 4.20. The van der Waals surface area contributed by atoms with Crippen molar-refractivity contribution in [2.45, 2.75) is 52.0 Å². The number of Topliss-reactive ketones (excluding diaryl/α,β-unsaturated/α-hetero) is 1. The van der Waals surface area contributed by atoms with Crippen molar-refractivity contribution in [1.29, 1.82) is 0 Å². The Bertz CT molecular complexity index is 1200. The fraction of sp³-hybridized carbons (Fsp3) is 0.375. The Labute approximate surface area is 201 Å². The van der Waals surface area contributed by atoms with E-state index in [1.54, 1.807) is 29.2 Å². The number of benzene rings is 1. The summed E-state index contributed by atoms with van der Waals surface area (Å²) >= 11 is 1.34. The van der Waals surface area contributed by atoms with E-state index in [1.807, 2.05) is 19.1 Å². The molecule has 0 bridgehead atoms. The van der Waals surface area contributed by atoms with E-state index in [2.05, 4.69) is 20.6 Å². The van der Waals surface area contributed by atoms with Crippen LogP contribution in [0.2, 0.25) is 0 Å². The Hall–Kier alpha value is -3.53. The zero-order chi connectivity index (χ0) is 24.1. The molecular formula is C24H27N5O4S. The fourth-order valence-corrected chi connectivity index (χ4v) is 5.01. The van der Waals surface area contributed by atoms with E-state index in [-0.39, 0.29) is 18.2 Å². The summed E-state index contributed by atoms with van der Waals surface area (Å²) in [6.07, 6.45) is 10.0. The Kier molecular flexibility index (Phi) is 7.36. The van der Waals surface area contributed by atoms with Crippen LogP contribution < -0.4 is 10.6 Å². The summed E-state index contributed by atoms with van der Waals surface area (Å²) in [6.45, 7) is 1.80. The van der Waals surface area contributed by atoms with E-state index in [0.717, 1.165) is 36.1 Å². The third kappa shape index (κ3) is 5.88. The zero-order valence-corrected chi connectivity index (χ0v) is 19.7. The molecule has 1 aliphatic carbocycles. The molecule has 1 aliphatic rings. The van der Waals surface area contributed by atoms with Gasteiger partial charge < -0.3 is 15.0 Å². The van der Waals surface area contributed by atoms with Gasteiger partial charge in [-0.2, -0.15) is 0 Å². The number of nitrogens with zero attached hydrogens (tertiary/aromatic N) is 3. The molecule has 2 amide bonds. The lowest BCUT2D eigenvalue weighted by atomic mass is 9.94. The minimum Gasteiger partial charge on any atom is -0.480 e. The molecular weight excluding hydrogens is 454 g/mol. The summed E-state index contributed by atoms with van der Waals surface area (Å²) in [4.78, 5) is 46.0. The number of thiazole rings is 1. The van der Waals surface area contributed by atoms with Crippen molar-refractivity contribution < 1.29 is 19.5 Å². The van der Waals surface area contributed by atoms with Crippen LogP contribution in [0.15, 0.2) is 36.8 Å². The van der Waals surface area contributed by atoms with Gasteiger partial charge in [-0.05, 0) is 38.3 Å². The van der Waals surface area contributed by atoms with E-state index >= 15 is 0 Å². The average molecular weight is 482 g/mol. The predicted octanol–water partition coefficient (Wildman–Crippen LogP) is 4.53. The zero-order valence-electron chi connectivity index (χ0n) is 18.9. The number of ketones is 1. The summed E-state index contributed by atoms with van der Waals surface area (Å²) in [5, 5.41) is 15.0. The molecule has 10 heteroatoms. The van der Waals surface area contributed by atoms with Gasteiger partial charge in [-0.1, -0.05) is 24.5 Å². The molecule has 4 rings (SSSR count). The topological polar surface area (TPSA) is 126 Å². The van der Waals surface area contributed by atoms with Crippen LogP contribution in [0.5, 0.6) is 0 Å². The standard InChI is InChI=1S/C24H27N5O4S/c1-15-6-8-19(18(12-15)22(32)16-4-2-3-5-16)27-23(33)28-24-26-13-17(34-24)7-9-20-25-10-11-29(20)14-21(30)31/h6,8,10-13,16H,2-5,7,9,14H2,1H3,(H,30,31)(H2,26,27,28,33). The van der Waals surface area contributed by atoms with Gasteiger partial charge in [-0.3, -0.25) is 14.9 Å². The normalized spacial score (nSPS) is 13.7. The number of aromatic nitrogens is 3. The highest BCUT2D eigenvalue weighted by Gasteiger charge is 2.26. The number of rotatable bonds is 9. The van der Waals surface area contributed by atoms with Crippen LogP contribution >= 0.6 is 11.3 Å². The maximum Gasteiger partial charge on any atom is 0.325 e. The van der Waals surface area contributed by atoms with Gasteiger partial charge in [0.25, 0.3) is 0 Å². The third-order valence-electron chi connectivity index (χ3n) is 5.89. The number of anilines is 2. The quantitative estimate of drug-likeness (QED) is 0.385. The second-order valence-electron chi connectivity index (χ2n) is 8.47. The van der Waals surface area contributed by atoms with Gasteiger partial charge in [-0.15, -0.1) is 11.3 Å². The van der Waals surface area contributed by atoms with E-state index in [9.17, 15) is 14.4 Å². The van der Waals surface area contributed by atoms with Crippen molar-refractivity contribution in [2.24, 2.45) is 5.92 Å². The Balaban J connectivity index is 1.36. The highest BCUT2D eigenvalue weighted by atomic mass is 32.1. The number of carbonyl (C=O) groups is 3. The average Bonchev–Trinajstić information content (AvgIpc) is 3.55. The lowest BCUT2D eigenvalue weighted by Crippen LogP contribution is -2.22. The number of urea groups is 1. The molecule has 0 unspecified atom stereocenters. The van der Waals surface area contributed by atoms with Gasteiger partial charge in [0.2, 0.25) is 0 Å². The number of amides is 2. The molecule has 2 heterocycles. The van der Waals surface area contributed by atoms with Crippen LogP contribution in [-0.2, 0) is 24.2 Å². The maximum atomic E-state index is 13.0. The highest BCUT2D eigenvalue weighted by molar-refractivity contribution is 7.15. The Morgan fingerprint density at radius 3 is 2.71 bits per heavy atom. The monoisotopic (exact) mass is 481 g/mol. The number of aliphatic carboxylic acids is 1. The minimum absolute atomic E-state index is 0.0260. The van der Waals surface area contributed by atoms with E-state index in [0.29, 0.717) is 35.0 Å². The largest absolute Gasteiger partial charge is 0.480 e. The second kappa shape index (κ2) is 10.6. The molecule has 0 radical (unpaired) electrons. The lowest BCUT2D eigenvalue weighted by molar-refractivity contribution is -0.137. The van der Waals surface area contributed by atoms with Crippen LogP contribution in [-0.4, -0.2) is 37.4 Å². The van der Waals surface area contributed by atoms with Crippen LogP contribution in [0.4, 0.5) is 15.6 Å². The molecule has 0 aliphatic heterocycles. The molecule has 178 valence electrons.